The van der Waals surface area contributed by atoms with Gasteiger partial charge in [0.2, 0.25) is 0 Å². The van der Waals surface area contributed by atoms with Gasteiger partial charge in [-0.25, -0.2) is 0 Å². The first kappa shape index (κ1) is 14.0. The molecule has 0 heterocycles. The lowest BCUT2D eigenvalue weighted by molar-refractivity contribution is 0.112. The molecule has 0 unspecified atom stereocenters. The molecule has 2 aromatic carbocycles. The number of rotatable bonds is 3. The maximum Gasteiger partial charge on any atom is 0.150 e. The van der Waals surface area contributed by atoms with Crippen molar-refractivity contribution in [1.29, 1.82) is 5.26 Å². The van der Waals surface area contributed by atoms with Crippen molar-refractivity contribution in [3.8, 4) is 6.07 Å². The van der Waals surface area contributed by atoms with Crippen LogP contribution in [0.1, 0.15) is 15.9 Å². The summed E-state index contributed by atoms with van der Waals surface area (Å²) in [5.41, 5.74) is 0.940. The minimum absolute atomic E-state index is 0.459. The van der Waals surface area contributed by atoms with E-state index in [9.17, 15) is 4.79 Å². The molecule has 19 heavy (non-hydrogen) atoms. The second-order valence-corrected chi connectivity index (χ2v) is 5.59. The normalized spacial score (nSPS) is 9.95. The Morgan fingerprint density at radius 2 is 1.89 bits per heavy atom. The molecule has 0 atom stereocenters. The van der Waals surface area contributed by atoms with Gasteiger partial charge in [-0.3, -0.25) is 4.79 Å². The SMILES string of the molecule is N#Cc1cc(C=O)ccc1Sc1ccc(Cl)c(Cl)c1. The van der Waals surface area contributed by atoms with E-state index < -0.39 is 0 Å². The molecule has 2 nitrogen and oxygen atoms in total. The number of nitrogens with zero attached hydrogens (tertiary/aromatic N) is 1. The maximum atomic E-state index is 10.7. The van der Waals surface area contributed by atoms with Gasteiger partial charge >= 0.3 is 0 Å². The van der Waals surface area contributed by atoms with Gasteiger partial charge in [0.1, 0.15) is 12.4 Å². The zero-order valence-electron chi connectivity index (χ0n) is 9.56. The van der Waals surface area contributed by atoms with Crippen LogP contribution in [-0.4, -0.2) is 6.29 Å². The Labute approximate surface area is 125 Å². The van der Waals surface area contributed by atoms with Crippen LogP contribution in [0, 0.1) is 11.3 Å². The van der Waals surface area contributed by atoms with Crippen LogP contribution in [0.4, 0.5) is 0 Å². The summed E-state index contributed by atoms with van der Waals surface area (Å²) in [6.45, 7) is 0. The molecule has 0 radical (unpaired) electrons. The molecule has 0 saturated heterocycles. The van der Waals surface area contributed by atoms with Crippen molar-refractivity contribution in [3.63, 3.8) is 0 Å². The average Bonchev–Trinajstić information content (AvgIpc) is 2.43. The van der Waals surface area contributed by atoms with Crippen molar-refractivity contribution in [2.45, 2.75) is 9.79 Å². The van der Waals surface area contributed by atoms with Crippen molar-refractivity contribution in [3.05, 3.63) is 57.6 Å². The lowest BCUT2D eigenvalue weighted by atomic mass is 10.1. The molecule has 0 saturated carbocycles. The Morgan fingerprint density at radius 3 is 2.53 bits per heavy atom. The van der Waals surface area contributed by atoms with Crippen LogP contribution in [-0.2, 0) is 0 Å². The van der Waals surface area contributed by atoms with Crippen LogP contribution < -0.4 is 0 Å². The van der Waals surface area contributed by atoms with E-state index in [1.807, 2.05) is 6.07 Å². The molecule has 94 valence electrons. The summed E-state index contributed by atoms with van der Waals surface area (Å²) in [6.07, 6.45) is 0.717. The first-order valence-electron chi connectivity index (χ1n) is 5.26. The number of aldehydes is 1. The molecule has 0 aliphatic rings. The number of benzene rings is 2. The molecule has 5 heteroatoms. The Balaban J connectivity index is 2.35. The van der Waals surface area contributed by atoms with E-state index in [4.69, 9.17) is 28.5 Å². The third-order valence-electron chi connectivity index (χ3n) is 2.38. The summed E-state index contributed by atoms with van der Waals surface area (Å²) in [5, 5.41) is 10.0. The second-order valence-electron chi connectivity index (χ2n) is 3.66. The van der Waals surface area contributed by atoms with E-state index in [2.05, 4.69) is 6.07 Å². The fourth-order valence-corrected chi connectivity index (χ4v) is 2.74. The van der Waals surface area contributed by atoms with Crippen molar-refractivity contribution >= 4 is 41.2 Å². The summed E-state index contributed by atoms with van der Waals surface area (Å²) in [4.78, 5) is 12.3. The van der Waals surface area contributed by atoms with Crippen LogP contribution >= 0.6 is 35.0 Å². The van der Waals surface area contributed by atoms with Crippen LogP contribution in [0.3, 0.4) is 0 Å². The zero-order chi connectivity index (χ0) is 13.8. The summed E-state index contributed by atoms with van der Waals surface area (Å²) < 4.78 is 0. The minimum Gasteiger partial charge on any atom is -0.298 e. The van der Waals surface area contributed by atoms with Crippen molar-refractivity contribution < 1.29 is 4.79 Å². The summed E-state index contributed by atoms with van der Waals surface area (Å²) >= 11 is 13.2. The molecule has 0 spiro atoms. The molecule has 0 aromatic heterocycles. The molecule has 0 amide bonds. The monoisotopic (exact) mass is 307 g/mol. The lowest BCUT2D eigenvalue weighted by Gasteiger charge is -2.05. The Kier molecular flexibility index (Phi) is 4.49. The minimum atomic E-state index is 0.459. The highest BCUT2D eigenvalue weighted by Crippen LogP contribution is 2.34. The van der Waals surface area contributed by atoms with Gasteiger partial charge in [0.05, 0.1) is 15.6 Å². The van der Waals surface area contributed by atoms with Gasteiger partial charge in [-0.05, 0) is 30.3 Å². The largest absolute Gasteiger partial charge is 0.298 e. The first-order chi connectivity index (χ1) is 9.13. The predicted molar refractivity (Wildman–Crippen MR) is 77.1 cm³/mol. The standard InChI is InChI=1S/C14H7Cl2NOS/c15-12-3-2-11(6-13(12)16)19-14-4-1-9(8-18)5-10(14)7-17/h1-6,8H. The van der Waals surface area contributed by atoms with Gasteiger partial charge in [0.25, 0.3) is 0 Å². The van der Waals surface area contributed by atoms with Gasteiger partial charge in [0, 0.05) is 15.4 Å². The number of hydrogen-bond acceptors (Lipinski definition) is 3. The molecule has 2 aromatic rings. The van der Waals surface area contributed by atoms with Crippen LogP contribution in [0.2, 0.25) is 10.0 Å². The van der Waals surface area contributed by atoms with E-state index in [1.54, 1.807) is 30.3 Å². The van der Waals surface area contributed by atoms with Gasteiger partial charge < -0.3 is 0 Å². The number of hydrogen-bond donors (Lipinski definition) is 0. The van der Waals surface area contributed by atoms with E-state index in [0.29, 0.717) is 27.5 Å². The summed E-state index contributed by atoms with van der Waals surface area (Å²) in [5.74, 6) is 0. The third-order valence-corrected chi connectivity index (χ3v) is 4.18. The average molecular weight is 308 g/mol. The van der Waals surface area contributed by atoms with Gasteiger partial charge in [0.15, 0.2) is 0 Å². The summed E-state index contributed by atoms with van der Waals surface area (Å²) in [7, 11) is 0. The molecular weight excluding hydrogens is 301 g/mol. The number of carbonyl (C=O) groups is 1. The van der Waals surface area contributed by atoms with Crippen LogP contribution in [0.15, 0.2) is 46.2 Å². The first-order valence-corrected chi connectivity index (χ1v) is 6.83. The van der Waals surface area contributed by atoms with E-state index in [1.165, 1.54) is 11.8 Å². The van der Waals surface area contributed by atoms with Crippen molar-refractivity contribution in [2.75, 3.05) is 0 Å². The highest BCUT2D eigenvalue weighted by molar-refractivity contribution is 7.99. The molecular formula is C14H7Cl2NOS. The van der Waals surface area contributed by atoms with E-state index >= 15 is 0 Å². The predicted octanol–water partition coefficient (Wildman–Crippen LogP) is 4.83. The van der Waals surface area contributed by atoms with E-state index in [0.717, 1.165) is 9.79 Å². The number of nitriles is 1. The summed E-state index contributed by atoms with van der Waals surface area (Å²) in [6, 6.07) is 12.3. The number of carbonyl (C=O) groups excluding carboxylic acids is 1. The molecule has 2 rings (SSSR count). The lowest BCUT2D eigenvalue weighted by Crippen LogP contribution is -1.86. The third kappa shape index (κ3) is 3.30. The van der Waals surface area contributed by atoms with Gasteiger partial charge in [-0.2, -0.15) is 5.26 Å². The van der Waals surface area contributed by atoms with Crippen LogP contribution in [0.5, 0.6) is 0 Å². The Bertz CT molecular complexity index is 680. The molecule has 0 aliphatic heterocycles. The number of halogens is 2. The Hall–Kier alpha value is -1.47. The van der Waals surface area contributed by atoms with E-state index in [-0.39, 0.29) is 0 Å². The Morgan fingerprint density at radius 1 is 1.11 bits per heavy atom. The highest BCUT2D eigenvalue weighted by Gasteiger charge is 2.07. The zero-order valence-corrected chi connectivity index (χ0v) is 11.9. The fourth-order valence-electron chi connectivity index (χ4n) is 1.46. The molecule has 0 aliphatic carbocycles. The van der Waals surface area contributed by atoms with Gasteiger partial charge in [-0.1, -0.05) is 41.0 Å². The fraction of sp³-hybridized carbons (Fsp3) is 0. The molecule has 0 bridgehead atoms. The van der Waals surface area contributed by atoms with Gasteiger partial charge in [-0.15, -0.1) is 0 Å². The maximum absolute atomic E-state index is 10.7. The second kappa shape index (κ2) is 6.12. The topological polar surface area (TPSA) is 40.9 Å². The highest BCUT2D eigenvalue weighted by atomic mass is 35.5. The quantitative estimate of drug-likeness (QED) is 0.763. The van der Waals surface area contributed by atoms with Crippen molar-refractivity contribution in [1.82, 2.24) is 0 Å². The smallest absolute Gasteiger partial charge is 0.150 e. The molecule has 0 N–H and O–H groups in total. The van der Waals surface area contributed by atoms with Crippen molar-refractivity contribution in [2.24, 2.45) is 0 Å². The van der Waals surface area contributed by atoms with Crippen LogP contribution in [0.25, 0.3) is 0 Å². The molecule has 0 fully saturated rings.